The number of hydrogen-bond acceptors (Lipinski definition) is 2. The molecule has 1 aromatic rings. The highest BCUT2D eigenvalue weighted by Crippen LogP contribution is 2.35. The van der Waals surface area contributed by atoms with E-state index in [4.69, 9.17) is 16.3 Å². The molecule has 0 N–H and O–H groups in total. The molecule has 1 aliphatic rings. The number of anilines is 1. The van der Waals surface area contributed by atoms with Gasteiger partial charge in [0, 0.05) is 12.1 Å². The van der Waals surface area contributed by atoms with Gasteiger partial charge in [0.25, 0.3) is 0 Å². The van der Waals surface area contributed by atoms with E-state index in [2.05, 4.69) is 27.5 Å². The normalized spacial score (nSPS) is 20.8. The molecule has 4 heteroatoms. The number of halogens is 2. The van der Waals surface area contributed by atoms with E-state index in [9.17, 15) is 0 Å². The van der Waals surface area contributed by atoms with Gasteiger partial charge in [-0.2, -0.15) is 0 Å². The number of benzene rings is 1. The Balaban J connectivity index is 2.43. The van der Waals surface area contributed by atoms with Crippen LogP contribution in [0.1, 0.15) is 0 Å². The molecule has 0 saturated carbocycles. The Morgan fingerprint density at radius 1 is 1.62 bits per heavy atom. The van der Waals surface area contributed by atoms with Gasteiger partial charge in [0.05, 0.1) is 12.2 Å². The summed E-state index contributed by atoms with van der Waals surface area (Å²) in [5.74, 6) is 0.914. The SMILES string of the molecule is CN1C[C@H](I)Oc2ccc(Cl)cc21. The molecule has 0 radical (unpaired) electrons. The largest absolute Gasteiger partial charge is 0.476 e. The molecule has 0 spiro atoms. The van der Waals surface area contributed by atoms with E-state index in [1.165, 1.54) is 0 Å². The van der Waals surface area contributed by atoms with Gasteiger partial charge in [0.15, 0.2) is 4.11 Å². The van der Waals surface area contributed by atoms with Crippen LogP contribution < -0.4 is 9.64 Å². The zero-order valence-corrected chi connectivity index (χ0v) is 10.0. The number of likely N-dealkylation sites (N-methyl/N-ethyl adjacent to an activating group) is 1. The van der Waals surface area contributed by atoms with Crippen molar-refractivity contribution in [1.82, 2.24) is 0 Å². The summed E-state index contributed by atoms with van der Waals surface area (Å²) in [7, 11) is 2.04. The maximum atomic E-state index is 5.89. The molecule has 0 amide bonds. The molecule has 1 aliphatic heterocycles. The molecular formula is C9H9ClINO. The maximum absolute atomic E-state index is 5.89. The molecule has 0 aliphatic carbocycles. The van der Waals surface area contributed by atoms with E-state index >= 15 is 0 Å². The van der Waals surface area contributed by atoms with Gasteiger partial charge in [-0.25, -0.2) is 0 Å². The van der Waals surface area contributed by atoms with Gasteiger partial charge >= 0.3 is 0 Å². The monoisotopic (exact) mass is 309 g/mol. The minimum atomic E-state index is 0.219. The summed E-state index contributed by atoms with van der Waals surface area (Å²) in [6, 6.07) is 5.70. The van der Waals surface area contributed by atoms with Crippen LogP contribution in [0.15, 0.2) is 18.2 Å². The Bertz CT molecular complexity index is 331. The first kappa shape index (κ1) is 9.40. The van der Waals surface area contributed by atoms with Crippen LogP contribution in [-0.4, -0.2) is 17.7 Å². The van der Waals surface area contributed by atoms with Crippen molar-refractivity contribution in [2.24, 2.45) is 0 Å². The van der Waals surface area contributed by atoms with Crippen molar-refractivity contribution in [1.29, 1.82) is 0 Å². The summed E-state index contributed by atoms with van der Waals surface area (Å²) in [5.41, 5.74) is 1.07. The van der Waals surface area contributed by atoms with Crippen molar-refractivity contribution < 1.29 is 4.74 Å². The third-order valence-electron chi connectivity index (χ3n) is 2.00. The van der Waals surface area contributed by atoms with Gasteiger partial charge in [0.2, 0.25) is 0 Å². The minimum absolute atomic E-state index is 0.219. The van der Waals surface area contributed by atoms with Crippen LogP contribution in [0.25, 0.3) is 0 Å². The van der Waals surface area contributed by atoms with Crippen LogP contribution in [0.4, 0.5) is 5.69 Å². The maximum Gasteiger partial charge on any atom is 0.166 e. The Labute approximate surface area is 96.0 Å². The number of hydrogen-bond donors (Lipinski definition) is 0. The summed E-state index contributed by atoms with van der Waals surface area (Å²) in [6.45, 7) is 0.897. The number of fused-ring (bicyclic) bond motifs is 1. The summed E-state index contributed by atoms with van der Waals surface area (Å²) < 4.78 is 5.86. The second-order valence-corrected chi connectivity index (χ2v) is 4.85. The van der Waals surface area contributed by atoms with E-state index in [0.29, 0.717) is 0 Å². The Morgan fingerprint density at radius 3 is 3.15 bits per heavy atom. The predicted molar refractivity (Wildman–Crippen MR) is 63.2 cm³/mol. The van der Waals surface area contributed by atoms with Gasteiger partial charge in [-0.1, -0.05) is 11.6 Å². The Morgan fingerprint density at radius 2 is 2.38 bits per heavy atom. The average molecular weight is 310 g/mol. The fourth-order valence-corrected chi connectivity index (χ4v) is 2.41. The highest BCUT2D eigenvalue weighted by atomic mass is 127. The molecule has 1 aromatic carbocycles. The number of ether oxygens (including phenoxy) is 1. The molecule has 0 fully saturated rings. The third-order valence-corrected chi connectivity index (χ3v) is 2.89. The second kappa shape index (κ2) is 3.53. The second-order valence-electron chi connectivity index (χ2n) is 3.02. The van der Waals surface area contributed by atoms with Crippen LogP contribution in [-0.2, 0) is 0 Å². The first-order valence-corrected chi connectivity index (χ1v) is 5.60. The molecule has 13 heavy (non-hydrogen) atoms. The van der Waals surface area contributed by atoms with Crippen molar-refractivity contribution in [3.05, 3.63) is 23.2 Å². The Hall–Kier alpha value is -0.160. The lowest BCUT2D eigenvalue weighted by Crippen LogP contribution is -2.33. The van der Waals surface area contributed by atoms with Crippen LogP contribution in [0.2, 0.25) is 5.02 Å². The van der Waals surface area contributed by atoms with Crippen molar-refractivity contribution in [3.63, 3.8) is 0 Å². The molecule has 0 saturated heterocycles. The molecular weight excluding hydrogens is 300 g/mol. The Kier molecular flexibility index (Phi) is 2.55. The van der Waals surface area contributed by atoms with Crippen molar-refractivity contribution in [2.75, 3.05) is 18.5 Å². The molecule has 1 atom stereocenters. The van der Waals surface area contributed by atoms with Gasteiger partial charge < -0.3 is 9.64 Å². The van der Waals surface area contributed by atoms with E-state index in [0.717, 1.165) is 23.0 Å². The van der Waals surface area contributed by atoms with Crippen LogP contribution in [0.5, 0.6) is 5.75 Å². The molecule has 2 nitrogen and oxygen atoms in total. The number of rotatable bonds is 0. The lowest BCUT2D eigenvalue weighted by Gasteiger charge is -2.31. The van der Waals surface area contributed by atoms with Crippen molar-refractivity contribution in [2.45, 2.75) is 4.11 Å². The average Bonchev–Trinajstić information content (AvgIpc) is 2.06. The zero-order chi connectivity index (χ0) is 9.42. The molecule has 1 heterocycles. The van der Waals surface area contributed by atoms with E-state index in [1.54, 1.807) is 0 Å². The smallest absolute Gasteiger partial charge is 0.166 e. The summed E-state index contributed by atoms with van der Waals surface area (Å²) in [5, 5.41) is 0.751. The van der Waals surface area contributed by atoms with Gasteiger partial charge in [-0.3, -0.25) is 0 Å². The summed E-state index contributed by atoms with van der Waals surface area (Å²) >= 11 is 8.17. The van der Waals surface area contributed by atoms with Gasteiger partial charge in [0.1, 0.15) is 5.75 Å². The topological polar surface area (TPSA) is 12.5 Å². The van der Waals surface area contributed by atoms with E-state index in [1.807, 2.05) is 25.2 Å². The standard InChI is InChI=1S/C9H9ClINO/c1-12-5-9(11)13-8-3-2-6(10)4-7(8)12/h2-4,9H,5H2,1H3/t9-/m1/s1. The van der Waals surface area contributed by atoms with Crippen LogP contribution in [0, 0.1) is 0 Å². The van der Waals surface area contributed by atoms with Crippen LogP contribution in [0.3, 0.4) is 0 Å². The first-order chi connectivity index (χ1) is 6.16. The summed E-state index contributed by atoms with van der Waals surface area (Å²) in [6.07, 6.45) is 0. The van der Waals surface area contributed by atoms with Gasteiger partial charge in [-0.05, 0) is 40.8 Å². The summed E-state index contributed by atoms with van der Waals surface area (Å²) in [4.78, 5) is 2.15. The quantitative estimate of drug-likeness (QED) is 0.540. The highest BCUT2D eigenvalue weighted by molar-refractivity contribution is 14.1. The van der Waals surface area contributed by atoms with Crippen molar-refractivity contribution in [3.8, 4) is 5.75 Å². The lowest BCUT2D eigenvalue weighted by molar-refractivity contribution is 0.293. The van der Waals surface area contributed by atoms with Crippen LogP contribution >= 0.6 is 34.2 Å². The molecule has 0 unspecified atom stereocenters. The molecule has 2 rings (SSSR count). The predicted octanol–water partition coefficient (Wildman–Crippen LogP) is 2.93. The third kappa shape index (κ3) is 1.86. The van der Waals surface area contributed by atoms with E-state index in [-0.39, 0.29) is 4.11 Å². The van der Waals surface area contributed by atoms with Gasteiger partial charge in [-0.15, -0.1) is 0 Å². The van der Waals surface area contributed by atoms with Crippen molar-refractivity contribution >= 4 is 39.9 Å². The minimum Gasteiger partial charge on any atom is -0.476 e. The lowest BCUT2D eigenvalue weighted by atomic mass is 10.2. The fourth-order valence-electron chi connectivity index (χ4n) is 1.38. The number of alkyl halides is 1. The fraction of sp³-hybridized carbons (Fsp3) is 0.333. The highest BCUT2D eigenvalue weighted by Gasteiger charge is 2.20. The molecule has 70 valence electrons. The molecule has 0 aromatic heterocycles. The number of nitrogens with zero attached hydrogens (tertiary/aromatic N) is 1. The molecule has 0 bridgehead atoms. The van der Waals surface area contributed by atoms with E-state index < -0.39 is 0 Å². The zero-order valence-electron chi connectivity index (χ0n) is 7.13. The first-order valence-electron chi connectivity index (χ1n) is 3.98.